The van der Waals surface area contributed by atoms with Gasteiger partial charge < -0.3 is 10.1 Å². The van der Waals surface area contributed by atoms with Crippen molar-refractivity contribution in [1.29, 1.82) is 0 Å². The molecule has 0 radical (unpaired) electrons. The molecule has 1 aliphatic carbocycles. The zero-order chi connectivity index (χ0) is 20.1. The van der Waals surface area contributed by atoms with Crippen molar-refractivity contribution in [3.05, 3.63) is 77.1 Å². The van der Waals surface area contributed by atoms with Crippen LogP contribution in [0.25, 0.3) is 5.57 Å². The van der Waals surface area contributed by atoms with Gasteiger partial charge in [-0.1, -0.05) is 36.4 Å². The number of nitrogens with zero attached hydrogens (tertiary/aromatic N) is 1. The van der Waals surface area contributed by atoms with E-state index in [2.05, 4.69) is 55.0 Å². The summed E-state index contributed by atoms with van der Waals surface area (Å²) >= 11 is 0. The third-order valence-corrected chi connectivity index (χ3v) is 5.18. The summed E-state index contributed by atoms with van der Waals surface area (Å²) in [5, 5.41) is 3.41. The second-order valence-electron chi connectivity index (χ2n) is 7.54. The standard InChI is InChI=1S/C24H28N2O2/c1-16(2)12-17(3)18-8-9-21-19(13-18)6-5-7-20(21)14-26-23-15-25-11-10-22(23)24(27)28-4/h8-13,15,20,26H,3,5-7,14H2,1-2,4H3. The van der Waals surface area contributed by atoms with Crippen LogP contribution in [0, 0.1) is 0 Å². The first kappa shape index (κ1) is 19.9. The molecule has 1 unspecified atom stereocenters. The van der Waals surface area contributed by atoms with Gasteiger partial charge >= 0.3 is 5.97 Å². The van der Waals surface area contributed by atoms with Crippen LogP contribution in [-0.4, -0.2) is 24.6 Å². The van der Waals surface area contributed by atoms with Gasteiger partial charge in [0.05, 0.1) is 24.6 Å². The fraction of sp³-hybridized carbons (Fsp3) is 0.333. The quantitative estimate of drug-likeness (QED) is 0.543. The molecule has 0 amide bonds. The van der Waals surface area contributed by atoms with E-state index in [1.807, 2.05) is 0 Å². The minimum absolute atomic E-state index is 0.351. The van der Waals surface area contributed by atoms with Crippen molar-refractivity contribution in [2.24, 2.45) is 0 Å². The summed E-state index contributed by atoms with van der Waals surface area (Å²) in [6.07, 6.45) is 8.80. The Morgan fingerprint density at radius 3 is 2.93 bits per heavy atom. The highest BCUT2D eigenvalue weighted by Gasteiger charge is 2.21. The molecule has 146 valence electrons. The number of allylic oxidation sites excluding steroid dienone is 3. The molecule has 0 saturated carbocycles. The second kappa shape index (κ2) is 8.87. The maximum absolute atomic E-state index is 12.0. The van der Waals surface area contributed by atoms with E-state index in [9.17, 15) is 4.79 Å². The van der Waals surface area contributed by atoms with Gasteiger partial charge in [-0.3, -0.25) is 4.98 Å². The lowest BCUT2D eigenvalue weighted by Crippen LogP contribution is -2.19. The Labute approximate surface area is 167 Å². The molecule has 3 rings (SSSR count). The van der Waals surface area contributed by atoms with E-state index >= 15 is 0 Å². The zero-order valence-electron chi connectivity index (χ0n) is 16.9. The predicted octanol–water partition coefficient (Wildman–Crippen LogP) is 5.38. The monoisotopic (exact) mass is 376 g/mol. The molecule has 1 aliphatic rings. The summed E-state index contributed by atoms with van der Waals surface area (Å²) in [5.41, 5.74) is 7.52. The van der Waals surface area contributed by atoms with Gasteiger partial charge in [-0.2, -0.15) is 0 Å². The van der Waals surface area contributed by atoms with E-state index < -0.39 is 0 Å². The number of aromatic nitrogens is 1. The predicted molar refractivity (Wildman–Crippen MR) is 115 cm³/mol. The molecule has 1 aromatic heterocycles. The van der Waals surface area contributed by atoms with Crippen LogP contribution in [0.4, 0.5) is 5.69 Å². The molecule has 0 aliphatic heterocycles. The Hall–Kier alpha value is -2.88. The molecule has 1 atom stereocenters. The van der Waals surface area contributed by atoms with Crippen LogP contribution in [0.2, 0.25) is 0 Å². The summed E-state index contributed by atoms with van der Waals surface area (Å²) in [6, 6.07) is 8.38. The summed E-state index contributed by atoms with van der Waals surface area (Å²) in [4.78, 5) is 16.1. The minimum atomic E-state index is -0.351. The van der Waals surface area contributed by atoms with Crippen LogP contribution in [0.3, 0.4) is 0 Å². The Balaban J connectivity index is 1.78. The molecule has 2 aromatic rings. The average molecular weight is 377 g/mol. The Bertz CT molecular complexity index is 911. The fourth-order valence-corrected chi connectivity index (χ4v) is 3.81. The summed E-state index contributed by atoms with van der Waals surface area (Å²) in [5.74, 6) is 0.0524. The van der Waals surface area contributed by atoms with Crippen molar-refractivity contribution >= 4 is 17.2 Å². The summed E-state index contributed by atoms with van der Waals surface area (Å²) in [7, 11) is 1.39. The molecule has 4 nitrogen and oxygen atoms in total. The number of ether oxygens (including phenoxy) is 1. The van der Waals surface area contributed by atoms with Crippen LogP contribution in [0.1, 0.15) is 59.7 Å². The number of aryl methyl sites for hydroxylation is 1. The third-order valence-electron chi connectivity index (χ3n) is 5.18. The molecular weight excluding hydrogens is 348 g/mol. The van der Waals surface area contributed by atoms with Crippen LogP contribution >= 0.6 is 0 Å². The van der Waals surface area contributed by atoms with Crippen molar-refractivity contribution in [1.82, 2.24) is 4.98 Å². The number of hydrogen-bond donors (Lipinski definition) is 1. The van der Waals surface area contributed by atoms with E-state index in [1.165, 1.54) is 29.4 Å². The van der Waals surface area contributed by atoms with Crippen LogP contribution < -0.4 is 5.32 Å². The highest BCUT2D eigenvalue weighted by molar-refractivity contribution is 5.95. The SMILES string of the molecule is C=C(C=C(C)C)c1ccc2c(c1)CCCC2CNc1cnccc1C(=O)OC. The molecule has 0 saturated heterocycles. The lowest BCUT2D eigenvalue weighted by atomic mass is 9.81. The molecule has 1 heterocycles. The molecular formula is C24H28N2O2. The van der Waals surface area contributed by atoms with E-state index in [0.717, 1.165) is 37.1 Å². The molecule has 1 aromatic carbocycles. The Kier molecular flexibility index (Phi) is 6.30. The first-order valence-corrected chi connectivity index (χ1v) is 9.72. The summed E-state index contributed by atoms with van der Waals surface area (Å²) < 4.78 is 4.87. The topological polar surface area (TPSA) is 51.2 Å². The number of hydrogen-bond acceptors (Lipinski definition) is 4. The zero-order valence-corrected chi connectivity index (χ0v) is 16.9. The van der Waals surface area contributed by atoms with Gasteiger partial charge in [-0.15, -0.1) is 0 Å². The molecule has 4 heteroatoms. The molecule has 0 bridgehead atoms. The van der Waals surface area contributed by atoms with Gasteiger partial charge in [0.2, 0.25) is 0 Å². The van der Waals surface area contributed by atoms with Gasteiger partial charge in [0, 0.05) is 18.7 Å². The van der Waals surface area contributed by atoms with Gasteiger partial charge in [-0.25, -0.2) is 4.79 Å². The van der Waals surface area contributed by atoms with E-state index in [0.29, 0.717) is 11.5 Å². The fourth-order valence-electron chi connectivity index (χ4n) is 3.81. The number of anilines is 1. The van der Waals surface area contributed by atoms with Crippen molar-refractivity contribution < 1.29 is 9.53 Å². The highest BCUT2D eigenvalue weighted by atomic mass is 16.5. The maximum Gasteiger partial charge on any atom is 0.340 e. The van der Waals surface area contributed by atoms with E-state index in [-0.39, 0.29) is 5.97 Å². The number of esters is 1. The van der Waals surface area contributed by atoms with Crippen molar-refractivity contribution in [3.63, 3.8) is 0 Å². The third kappa shape index (κ3) is 4.50. The number of carbonyl (C=O) groups is 1. The number of nitrogens with one attached hydrogen (secondary N) is 1. The smallest absolute Gasteiger partial charge is 0.340 e. The molecule has 28 heavy (non-hydrogen) atoms. The van der Waals surface area contributed by atoms with Gasteiger partial charge in [0.1, 0.15) is 0 Å². The number of methoxy groups -OCH3 is 1. The number of benzene rings is 1. The summed E-state index contributed by atoms with van der Waals surface area (Å²) in [6.45, 7) is 9.14. The normalized spacial score (nSPS) is 15.3. The maximum atomic E-state index is 12.0. The van der Waals surface area contributed by atoms with Crippen molar-refractivity contribution in [3.8, 4) is 0 Å². The van der Waals surface area contributed by atoms with Crippen LogP contribution in [-0.2, 0) is 11.2 Å². The lowest BCUT2D eigenvalue weighted by Gasteiger charge is -2.27. The Morgan fingerprint density at radius 1 is 1.36 bits per heavy atom. The Morgan fingerprint density at radius 2 is 2.18 bits per heavy atom. The largest absolute Gasteiger partial charge is 0.465 e. The van der Waals surface area contributed by atoms with Gasteiger partial charge in [0.25, 0.3) is 0 Å². The minimum Gasteiger partial charge on any atom is -0.465 e. The van der Waals surface area contributed by atoms with Gasteiger partial charge in [-0.05, 0) is 61.4 Å². The first-order chi connectivity index (χ1) is 13.5. The van der Waals surface area contributed by atoms with Crippen LogP contribution in [0.15, 0.2) is 54.9 Å². The van der Waals surface area contributed by atoms with Crippen LogP contribution in [0.5, 0.6) is 0 Å². The molecule has 0 fully saturated rings. The lowest BCUT2D eigenvalue weighted by molar-refractivity contribution is 0.0601. The van der Waals surface area contributed by atoms with E-state index in [4.69, 9.17) is 4.74 Å². The second-order valence-corrected chi connectivity index (χ2v) is 7.54. The number of rotatable bonds is 6. The highest BCUT2D eigenvalue weighted by Crippen LogP contribution is 2.34. The number of carbonyl (C=O) groups excluding carboxylic acids is 1. The average Bonchev–Trinajstić information content (AvgIpc) is 2.70. The molecule has 0 spiro atoms. The molecule has 1 N–H and O–H groups in total. The first-order valence-electron chi connectivity index (χ1n) is 9.72. The van der Waals surface area contributed by atoms with Crippen molar-refractivity contribution in [2.45, 2.75) is 39.0 Å². The number of fused-ring (bicyclic) bond motifs is 1. The van der Waals surface area contributed by atoms with E-state index in [1.54, 1.807) is 18.5 Å². The number of pyridine rings is 1. The van der Waals surface area contributed by atoms with Gasteiger partial charge in [0.15, 0.2) is 0 Å². The van der Waals surface area contributed by atoms with Crippen molar-refractivity contribution in [2.75, 3.05) is 19.0 Å².